The Labute approximate surface area is 322 Å². The van der Waals surface area contributed by atoms with Gasteiger partial charge in [-0.15, -0.1) is 24.0 Å². The Hall–Kier alpha value is -3.24. The van der Waals surface area contributed by atoms with Gasteiger partial charge in [-0.25, -0.2) is 0 Å². The summed E-state index contributed by atoms with van der Waals surface area (Å²) in [4.78, 5) is 46.8. The molecule has 0 atom stereocenters. The topological polar surface area (TPSA) is 258 Å². The molecular formula is C28H30I4N6O10-2. The van der Waals surface area contributed by atoms with E-state index in [1.165, 1.54) is 9.80 Å². The van der Waals surface area contributed by atoms with Crippen LogP contribution in [0.5, 0.6) is 23.0 Å². The van der Waals surface area contributed by atoms with Crippen LogP contribution >= 0.6 is 61.2 Å². The van der Waals surface area contributed by atoms with E-state index in [0.29, 0.717) is 39.4 Å². The molecule has 3 N–H and O–H groups in total. The molecule has 0 aliphatic carbocycles. The van der Waals surface area contributed by atoms with E-state index in [1.54, 1.807) is 39.8 Å². The minimum atomic E-state index is -1.12. The van der Waals surface area contributed by atoms with E-state index in [1.807, 2.05) is 0 Å². The number of benzene rings is 2. The van der Waals surface area contributed by atoms with Crippen molar-refractivity contribution in [2.45, 2.75) is 27.7 Å². The molecule has 0 saturated heterocycles. The van der Waals surface area contributed by atoms with Gasteiger partial charge in [-0.2, -0.15) is 10.5 Å². The van der Waals surface area contributed by atoms with E-state index in [9.17, 15) is 50.2 Å². The standard InChI is InChI=1S/2C14H15N3O5.I3.HI/c2*1-3-16(4-2)14(20)10(8-15)5-9-6-11(17(21)22)13(19)12(18)7-9;1-3-2;/h2*5-7,18-19H,3-4H2,1-2H3;;1H/q;;-1;/p-1/b2*10-5+;;. The number of carbonyl (C=O) groups is 2. The fourth-order valence-corrected chi connectivity index (χ4v) is 3.67. The van der Waals surface area contributed by atoms with Crippen LogP contribution in [-0.4, -0.2) is 73.0 Å². The molecule has 0 bridgehead atoms. The van der Waals surface area contributed by atoms with Crippen molar-refractivity contribution in [3.63, 3.8) is 0 Å². The van der Waals surface area contributed by atoms with E-state index in [4.69, 9.17) is 10.5 Å². The number of nitro groups is 2. The van der Waals surface area contributed by atoms with Crippen molar-refractivity contribution in [2.75, 3.05) is 26.2 Å². The maximum atomic E-state index is 12.1. The number of nitrogens with zero attached hydrogens (tertiary/aromatic N) is 6. The molecule has 2 rings (SSSR count). The van der Waals surface area contributed by atoms with Crippen molar-refractivity contribution in [2.24, 2.45) is 0 Å². The van der Waals surface area contributed by atoms with Crippen LogP contribution in [0.25, 0.3) is 12.2 Å². The van der Waals surface area contributed by atoms with E-state index in [-0.39, 0.29) is 46.2 Å². The van der Waals surface area contributed by atoms with E-state index >= 15 is 0 Å². The number of halogens is 4. The first kappa shape index (κ1) is 46.9. The van der Waals surface area contributed by atoms with Crippen LogP contribution in [0.4, 0.5) is 11.4 Å². The molecule has 0 heterocycles. The van der Waals surface area contributed by atoms with E-state index in [0.717, 1.165) is 36.4 Å². The molecule has 0 unspecified atom stereocenters. The zero-order valence-electron chi connectivity index (χ0n) is 25.7. The van der Waals surface area contributed by atoms with Crippen molar-refractivity contribution >= 4 is 96.5 Å². The van der Waals surface area contributed by atoms with Crippen LogP contribution in [0.1, 0.15) is 38.8 Å². The molecule has 0 aromatic heterocycles. The van der Waals surface area contributed by atoms with Gasteiger partial charge in [0, 0.05) is 44.1 Å². The zero-order valence-corrected chi connectivity index (χ0v) is 34.5. The number of carbonyl (C=O) groups excluding carboxylic acids is 2. The molecule has 0 aliphatic heterocycles. The van der Waals surface area contributed by atoms with Crippen LogP contribution in [0, 0.1) is 42.9 Å². The third kappa shape index (κ3) is 14.1. The molecule has 16 nitrogen and oxygen atoms in total. The summed E-state index contributed by atoms with van der Waals surface area (Å²) < 4.78 is 0. The molecule has 48 heavy (non-hydrogen) atoms. The van der Waals surface area contributed by atoms with Crippen LogP contribution in [0.15, 0.2) is 35.4 Å². The Kier molecular flexibility index (Phi) is 23.4. The minimum absolute atomic E-state index is 0. The number of nitriles is 2. The summed E-state index contributed by atoms with van der Waals surface area (Å²) in [7, 11) is 0. The first-order valence-corrected chi connectivity index (χ1v) is 25.8. The molecule has 0 aliphatic rings. The fourth-order valence-electron chi connectivity index (χ4n) is 3.67. The second-order valence-electron chi connectivity index (χ2n) is 8.66. The van der Waals surface area contributed by atoms with Crippen molar-refractivity contribution in [3.05, 3.63) is 66.8 Å². The summed E-state index contributed by atoms with van der Waals surface area (Å²) in [5.74, 6) is -4.53. The Bertz CT molecular complexity index is 1500. The Balaban J connectivity index is 0. The van der Waals surface area contributed by atoms with Gasteiger partial charge in [-0.1, -0.05) is 0 Å². The number of rotatable bonds is 10. The number of phenols is 3. The number of aromatic hydroxyl groups is 3. The average Bonchev–Trinajstić information content (AvgIpc) is 3.03. The van der Waals surface area contributed by atoms with Gasteiger partial charge in [0.2, 0.25) is 5.75 Å². The van der Waals surface area contributed by atoms with E-state index in [2.05, 4.69) is 37.2 Å². The van der Waals surface area contributed by atoms with Gasteiger partial charge in [0.1, 0.15) is 29.0 Å². The average molecular weight is 1120 g/mol. The molecule has 20 heteroatoms. The number of nitro benzene ring substituents is 2. The summed E-state index contributed by atoms with van der Waals surface area (Å²) in [6, 6.07) is 7.36. The summed E-state index contributed by atoms with van der Waals surface area (Å²) in [6.07, 6.45) is 2.24. The first-order chi connectivity index (χ1) is 22.1. The van der Waals surface area contributed by atoms with Crippen LogP contribution in [-0.2, 0) is 9.59 Å². The van der Waals surface area contributed by atoms with Crippen molar-refractivity contribution < 1.29 is 53.1 Å². The molecule has 0 spiro atoms. The molecule has 0 saturated carbocycles. The van der Waals surface area contributed by atoms with Gasteiger partial charge in [-0.05, 0) is 63.1 Å². The number of phenolic OH excluding ortho intramolecular Hbond substituents is 3. The maximum absolute atomic E-state index is 12.1. The second kappa shape index (κ2) is 24.0. The summed E-state index contributed by atoms with van der Waals surface area (Å²) in [5.41, 5.74) is -1.89. The zero-order chi connectivity index (χ0) is 36.4. The van der Waals surface area contributed by atoms with Gasteiger partial charge in [-0.3, -0.25) is 29.8 Å². The summed E-state index contributed by atoms with van der Waals surface area (Å²) >= 11 is 5.30. The fraction of sp³-hybridized carbons (Fsp3) is 0.286. The number of likely N-dealkylation sites (N-methyl/N-ethyl adjacent to an activating group) is 2. The third-order valence-corrected chi connectivity index (χ3v) is 5.98. The SMILES string of the molecule is CCN(CC)C(=O)/C(C#N)=C/c1cc(O)c(O)c([N+](=O)[O-])c1.CCN(CC)C(=O)/C(C#N)=C/c1cc(O)c([O-])c([N+](=O)[O-])c1.I.I[I-]I. The van der Waals surface area contributed by atoms with Crippen molar-refractivity contribution in [3.8, 4) is 35.1 Å². The molecule has 2 aromatic rings. The van der Waals surface area contributed by atoms with Gasteiger partial charge < -0.3 is 30.2 Å². The van der Waals surface area contributed by atoms with Crippen LogP contribution < -0.4 is 18.4 Å². The Morgan fingerprint density at radius 2 is 1.12 bits per heavy atom. The molecule has 2 amide bonds. The number of amides is 2. The monoisotopic (exact) mass is 1120 g/mol. The van der Waals surface area contributed by atoms with Gasteiger partial charge in [0.25, 0.3) is 17.5 Å². The van der Waals surface area contributed by atoms with Gasteiger partial charge in [0.05, 0.1) is 9.85 Å². The third-order valence-electron chi connectivity index (χ3n) is 5.98. The number of hydrogen-bond acceptors (Lipinski definition) is 12. The van der Waals surface area contributed by atoms with Crippen molar-refractivity contribution in [1.29, 1.82) is 10.5 Å². The van der Waals surface area contributed by atoms with Crippen molar-refractivity contribution in [1.82, 2.24) is 9.80 Å². The molecule has 2 aromatic carbocycles. The van der Waals surface area contributed by atoms with Gasteiger partial charge >= 0.3 is 56.2 Å². The Morgan fingerprint density at radius 1 is 0.792 bits per heavy atom. The van der Waals surface area contributed by atoms with Gasteiger partial charge in [0.15, 0.2) is 5.75 Å². The first-order valence-electron chi connectivity index (χ1n) is 13.2. The summed E-state index contributed by atoms with van der Waals surface area (Å²) in [5, 5.41) is 79.4. The van der Waals surface area contributed by atoms with Crippen LogP contribution in [0.3, 0.4) is 0 Å². The normalized spacial score (nSPS) is 10.4. The molecule has 0 fully saturated rings. The van der Waals surface area contributed by atoms with E-state index < -0.39 is 56.0 Å². The second-order valence-corrected chi connectivity index (χ2v) is 24.9. The van der Waals surface area contributed by atoms with Crippen LogP contribution in [0.2, 0.25) is 0 Å². The number of hydrogen-bond donors (Lipinski definition) is 3. The summed E-state index contributed by atoms with van der Waals surface area (Å²) in [6.45, 7) is 8.64. The predicted octanol–water partition coefficient (Wildman–Crippen LogP) is 2.32. The molecule has 0 radical (unpaired) electrons. The Morgan fingerprint density at radius 3 is 1.44 bits per heavy atom. The quantitative estimate of drug-likeness (QED) is 0.0774. The predicted molar refractivity (Wildman–Crippen MR) is 197 cm³/mol. The molecule has 262 valence electrons. The molecular weight excluding hydrogens is 1090 g/mol.